The van der Waals surface area contributed by atoms with Crippen LogP contribution in [0.2, 0.25) is 0 Å². The summed E-state index contributed by atoms with van der Waals surface area (Å²) in [6, 6.07) is 14.2. The third-order valence-corrected chi connectivity index (χ3v) is 2.91. The van der Waals surface area contributed by atoms with Crippen LogP contribution in [0.4, 0.5) is 0 Å². The molecule has 2 heteroatoms. The van der Waals surface area contributed by atoms with Crippen LogP contribution in [0.5, 0.6) is 0 Å². The lowest BCUT2D eigenvalue weighted by Crippen LogP contribution is -1.82. The molecular formula is C15H13NO. The Morgan fingerprint density at radius 2 is 1.94 bits per heavy atom. The summed E-state index contributed by atoms with van der Waals surface area (Å²) in [6.07, 6.45) is 2.73. The Morgan fingerprint density at radius 1 is 1.06 bits per heavy atom. The van der Waals surface area contributed by atoms with Crippen LogP contribution in [0.15, 0.2) is 53.1 Å². The van der Waals surface area contributed by atoms with Crippen LogP contribution in [0.25, 0.3) is 22.2 Å². The first-order valence-corrected chi connectivity index (χ1v) is 5.81. The summed E-state index contributed by atoms with van der Waals surface area (Å²) >= 11 is 0. The lowest BCUT2D eigenvalue weighted by Gasteiger charge is -2.02. The third kappa shape index (κ3) is 1.72. The first-order valence-electron chi connectivity index (χ1n) is 5.81. The number of hydrogen-bond donors (Lipinski definition) is 0. The van der Waals surface area contributed by atoms with Gasteiger partial charge in [-0.05, 0) is 24.3 Å². The standard InChI is InChI=1S/C15H13NO/c1-2-12-8-9-14(17-12)13-7-3-5-11-6-4-10-16-15(11)13/h3-10H,2H2,1H3. The van der Waals surface area contributed by atoms with Crippen LogP contribution in [-0.2, 0) is 6.42 Å². The number of aryl methyl sites for hydroxylation is 1. The van der Waals surface area contributed by atoms with Gasteiger partial charge < -0.3 is 4.42 Å². The third-order valence-electron chi connectivity index (χ3n) is 2.91. The van der Waals surface area contributed by atoms with Gasteiger partial charge in [-0.1, -0.05) is 25.1 Å². The summed E-state index contributed by atoms with van der Waals surface area (Å²) in [5.74, 6) is 1.90. The van der Waals surface area contributed by atoms with Crippen molar-refractivity contribution in [2.45, 2.75) is 13.3 Å². The van der Waals surface area contributed by atoms with Crippen molar-refractivity contribution in [3.05, 3.63) is 54.4 Å². The molecule has 0 aliphatic carbocycles. The Morgan fingerprint density at radius 3 is 2.76 bits per heavy atom. The quantitative estimate of drug-likeness (QED) is 0.654. The van der Waals surface area contributed by atoms with Crippen molar-refractivity contribution in [3.8, 4) is 11.3 Å². The highest BCUT2D eigenvalue weighted by Gasteiger charge is 2.08. The minimum atomic E-state index is 0.895. The van der Waals surface area contributed by atoms with Gasteiger partial charge in [0.25, 0.3) is 0 Å². The van der Waals surface area contributed by atoms with Crippen molar-refractivity contribution in [3.63, 3.8) is 0 Å². The second kappa shape index (κ2) is 4.06. The molecule has 0 atom stereocenters. The van der Waals surface area contributed by atoms with Gasteiger partial charge in [0.05, 0.1) is 5.52 Å². The van der Waals surface area contributed by atoms with Gasteiger partial charge >= 0.3 is 0 Å². The van der Waals surface area contributed by atoms with E-state index in [0.29, 0.717) is 0 Å². The largest absolute Gasteiger partial charge is 0.461 e. The van der Waals surface area contributed by atoms with Gasteiger partial charge in [0.15, 0.2) is 0 Å². The highest BCUT2D eigenvalue weighted by atomic mass is 16.3. The monoisotopic (exact) mass is 223 g/mol. The van der Waals surface area contributed by atoms with Crippen molar-refractivity contribution in [1.82, 2.24) is 4.98 Å². The second-order valence-electron chi connectivity index (χ2n) is 4.00. The number of aromatic nitrogens is 1. The summed E-state index contributed by atoms with van der Waals surface area (Å²) in [5.41, 5.74) is 2.05. The predicted octanol–water partition coefficient (Wildman–Crippen LogP) is 4.06. The fourth-order valence-electron chi connectivity index (χ4n) is 2.02. The van der Waals surface area contributed by atoms with Crippen molar-refractivity contribution in [2.24, 2.45) is 0 Å². The molecule has 3 aromatic rings. The minimum Gasteiger partial charge on any atom is -0.461 e. The molecule has 17 heavy (non-hydrogen) atoms. The number of para-hydroxylation sites is 1. The average molecular weight is 223 g/mol. The molecule has 0 bridgehead atoms. The zero-order chi connectivity index (χ0) is 11.7. The zero-order valence-electron chi connectivity index (χ0n) is 9.68. The summed E-state index contributed by atoms with van der Waals surface area (Å²) in [7, 11) is 0. The van der Waals surface area contributed by atoms with E-state index in [1.54, 1.807) is 0 Å². The molecule has 3 rings (SSSR count). The van der Waals surface area contributed by atoms with E-state index < -0.39 is 0 Å². The molecule has 0 saturated heterocycles. The highest BCUT2D eigenvalue weighted by Crippen LogP contribution is 2.28. The Balaban J connectivity index is 2.23. The van der Waals surface area contributed by atoms with Crippen molar-refractivity contribution in [2.75, 3.05) is 0 Å². The molecule has 2 heterocycles. The van der Waals surface area contributed by atoms with Gasteiger partial charge in [-0.15, -0.1) is 0 Å². The highest BCUT2D eigenvalue weighted by molar-refractivity contribution is 5.92. The summed E-state index contributed by atoms with van der Waals surface area (Å²) in [4.78, 5) is 4.43. The molecule has 0 N–H and O–H groups in total. The van der Waals surface area contributed by atoms with Gasteiger partial charge in [-0.3, -0.25) is 4.98 Å². The van der Waals surface area contributed by atoms with E-state index in [-0.39, 0.29) is 0 Å². The fourth-order valence-corrected chi connectivity index (χ4v) is 2.02. The molecule has 0 aliphatic rings. The van der Waals surface area contributed by atoms with E-state index >= 15 is 0 Å². The molecule has 0 fully saturated rings. The lowest BCUT2D eigenvalue weighted by atomic mass is 10.1. The number of rotatable bonds is 2. The first-order chi connectivity index (χ1) is 8.38. The van der Waals surface area contributed by atoms with Gasteiger partial charge in [-0.2, -0.15) is 0 Å². The molecule has 2 aromatic heterocycles. The molecule has 0 saturated carbocycles. The number of nitrogens with zero attached hydrogens (tertiary/aromatic N) is 1. The second-order valence-corrected chi connectivity index (χ2v) is 4.00. The molecule has 0 amide bonds. The maximum Gasteiger partial charge on any atom is 0.136 e. The summed E-state index contributed by atoms with van der Waals surface area (Å²) < 4.78 is 5.79. The van der Waals surface area contributed by atoms with E-state index in [9.17, 15) is 0 Å². The molecule has 1 aromatic carbocycles. The number of benzene rings is 1. The van der Waals surface area contributed by atoms with E-state index in [1.165, 1.54) is 0 Å². The fraction of sp³-hybridized carbons (Fsp3) is 0.133. The van der Waals surface area contributed by atoms with Gasteiger partial charge in [0.1, 0.15) is 11.5 Å². The van der Waals surface area contributed by atoms with Gasteiger partial charge in [0, 0.05) is 23.6 Å². The Hall–Kier alpha value is -2.09. The van der Waals surface area contributed by atoms with Crippen LogP contribution in [0.1, 0.15) is 12.7 Å². The van der Waals surface area contributed by atoms with Crippen molar-refractivity contribution >= 4 is 10.9 Å². The summed E-state index contributed by atoms with van der Waals surface area (Å²) in [6.45, 7) is 2.09. The molecule has 0 unspecified atom stereocenters. The molecule has 0 radical (unpaired) electrons. The Kier molecular flexibility index (Phi) is 2.41. The normalized spacial score (nSPS) is 10.9. The van der Waals surface area contributed by atoms with E-state index in [2.05, 4.69) is 24.0 Å². The minimum absolute atomic E-state index is 0.895. The zero-order valence-corrected chi connectivity index (χ0v) is 9.68. The smallest absolute Gasteiger partial charge is 0.136 e. The van der Waals surface area contributed by atoms with E-state index in [0.717, 1.165) is 34.4 Å². The maximum absolute atomic E-state index is 5.79. The maximum atomic E-state index is 5.79. The van der Waals surface area contributed by atoms with Gasteiger partial charge in [-0.25, -0.2) is 0 Å². The van der Waals surface area contributed by atoms with Crippen LogP contribution in [-0.4, -0.2) is 4.98 Å². The Bertz CT molecular complexity index is 649. The van der Waals surface area contributed by atoms with E-state index in [4.69, 9.17) is 4.42 Å². The van der Waals surface area contributed by atoms with Crippen LogP contribution in [0.3, 0.4) is 0 Å². The topological polar surface area (TPSA) is 26.0 Å². The molecule has 0 aliphatic heterocycles. The van der Waals surface area contributed by atoms with Crippen LogP contribution >= 0.6 is 0 Å². The molecular weight excluding hydrogens is 210 g/mol. The molecule has 84 valence electrons. The lowest BCUT2D eigenvalue weighted by molar-refractivity contribution is 0.530. The SMILES string of the molecule is CCc1ccc(-c2cccc3cccnc23)o1. The number of furan rings is 1. The number of fused-ring (bicyclic) bond motifs is 1. The van der Waals surface area contributed by atoms with Crippen molar-refractivity contribution in [1.29, 1.82) is 0 Å². The van der Waals surface area contributed by atoms with Crippen molar-refractivity contribution < 1.29 is 4.42 Å². The first kappa shape index (κ1) is 10.1. The van der Waals surface area contributed by atoms with E-state index in [1.807, 2.05) is 36.5 Å². The van der Waals surface area contributed by atoms with Crippen LogP contribution in [0, 0.1) is 0 Å². The van der Waals surface area contributed by atoms with Crippen LogP contribution < -0.4 is 0 Å². The van der Waals surface area contributed by atoms with Gasteiger partial charge in [0.2, 0.25) is 0 Å². The predicted molar refractivity (Wildman–Crippen MR) is 68.8 cm³/mol. The Labute approximate surface area is 99.9 Å². The average Bonchev–Trinajstić information content (AvgIpc) is 2.87. The summed E-state index contributed by atoms with van der Waals surface area (Å²) in [5, 5.41) is 1.14. The molecule has 0 spiro atoms. The molecule has 2 nitrogen and oxygen atoms in total. The number of pyridine rings is 1. The number of hydrogen-bond acceptors (Lipinski definition) is 2.